The molecule has 5 nitrogen and oxygen atoms in total. The first kappa shape index (κ1) is 11.5. The molecule has 2 aromatic rings. The number of amides is 1. The van der Waals surface area contributed by atoms with Gasteiger partial charge in [-0.15, -0.1) is 0 Å². The topological polar surface area (TPSA) is 59.0 Å². The van der Waals surface area contributed by atoms with E-state index >= 15 is 0 Å². The summed E-state index contributed by atoms with van der Waals surface area (Å²) in [5.74, 6) is -0.0126. The monoisotopic (exact) mass is 254 g/mol. The van der Waals surface area contributed by atoms with Gasteiger partial charge < -0.3 is 4.57 Å². The lowest BCUT2D eigenvalue weighted by atomic mass is 10.0. The third kappa shape index (κ3) is 2.10. The predicted octanol–water partition coefficient (Wildman–Crippen LogP) is 1.63. The molecule has 0 aliphatic carbocycles. The number of hydrogen-bond acceptors (Lipinski definition) is 3. The minimum absolute atomic E-state index is 0.0126. The van der Waals surface area contributed by atoms with E-state index in [1.165, 1.54) is 0 Å². The summed E-state index contributed by atoms with van der Waals surface area (Å²) in [5, 5.41) is 0. The van der Waals surface area contributed by atoms with Gasteiger partial charge in [-0.25, -0.2) is 4.98 Å². The third-order valence-corrected chi connectivity index (χ3v) is 3.14. The van der Waals surface area contributed by atoms with Gasteiger partial charge in [0.1, 0.15) is 0 Å². The zero-order chi connectivity index (χ0) is 13.2. The molecule has 1 aromatic heterocycles. The van der Waals surface area contributed by atoms with Crippen molar-refractivity contribution in [3.05, 3.63) is 54.1 Å². The van der Waals surface area contributed by atoms with E-state index in [0.717, 1.165) is 22.5 Å². The minimum Gasteiger partial charge on any atom is -0.306 e. The van der Waals surface area contributed by atoms with Crippen LogP contribution >= 0.6 is 0 Å². The standard InChI is InChI=1S/C14H14N4O/c1-10-8-13(19)16-17-14(10)11-4-2-3-5-12(11)18-7-6-15-9-18/h2-7,9,17H,8H2,1H3,(H,16,19). The molecule has 0 saturated heterocycles. The van der Waals surface area contributed by atoms with Crippen molar-refractivity contribution in [3.63, 3.8) is 0 Å². The number of hydrazine groups is 1. The van der Waals surface area contributed by atoms with Crippen molar-refractivity contribution < 1.29 is 4.79 Å². The Labute approximate surface area is 110 Å². The molecule has 3 rings (SSSR count). The van der Waals surface area contributed by atoms with Crippen molar-refractivity contribution in [1.29, 1.82) is 0 Å². The summed E-state index contributed by atoms with van der Waals surface area (Å²) in [5.41, 5.74) is 9.68. The number of benzene rings is 1. The highest BCUT2D eigenvalue weighted by Gasteiger charge is 2.18. The first-order valence-electron chi connectivity index (χ1n) is 6.08. The van der Waals surface area contributed by atoms with Crippen molar-refractivity contribution in [3.8, 4) is 5.69 Å². The number of para-hydroxylation sites is 1. The van der Waals surface area contributed by atoms with Crippen molar-refractivity contribution in [1.82, 2.24) is 20.4 Å². The van der Waals surface area contributed by atoms with Gasteiger partial charge in [-0.2, -0.15) is 0 Å². The van der Waals surface area contributed by atoms with Crippen LogP contribution in [0, 0.1) is 0 Å². The molecule has 0 radical (unpaired) electrons. The van der Waals surface area contributed by atoms with Crippen LogP contribution in [0.25, 0.3) is 11.4 Å². The molecule has 1 aromatic carbocycles. The molecule has 0 saturated carbocycles. The van der Waals surface area contributed by atoms with Crippen LogP contribution in [0.2, 0.25) is 0 Å². The SMILES string of the molecule is CC1=C(c2ccccc2-n2ccnc2)NNC(=O)C1. The second kappa shape index (κ2) is 4.61. The van der Waals surface area contributed by atoms with E-state index in [-0.39, 0.29) is 5.91 Å². The average molecular weight is 254 g/mol. The van der Waals surface area contributed by atoms with Gasteiger partial charge in [0.25, 0.3) is 0 Å². The number of hydrogen-bond donors (Lipinski definition) is 2. The van der Waals surface area contributed by atoms with Gasteiger partial charge in [0.05, 0.1) is 24.1 Å². The Hall–Kier alpha value is -2.56. The Morgan fingerprint density at radius 1 is 1.26 bits per heavy atom. The molecular formula is C14H14N4O. The van der Waals surface area contributed by atoms with Crippen molar-refractivity contribution in [2.24, 2.45) is 0 Å². The van der Waals surface area contributed by atoms with E-state index in [9.17, 15) is 4.79 Å². The van der Waals surface area contributed by atoms with Crippen LogP contribution in [0.5, 0.6) is 0 Å². The molecule has 96 valence electrons. The first-order chi connectivity index (χ1) is 9.25. The Kier molecular flexibility index (Phi) is 2.79. The molecule has 0 spiro atoms. The molecule has 2 heterocycles. The van der Waals surface area contributed by atoms with Crippen LogP contribution < -0.4 is 10.9 Å². The fourth-order valence-corrected chi connectivity index (χ4v) is 2.22. The van der Waals surface area contributed by atoms with Gasteiger partial charge >= 0.3 is 0 Å². The molecule has 0 atom stereocenters. The molecule has 0 bridgehead atoms. The van der Waals surface area contributed by atoms with Gasteiger partial charge in [0.15, 0.2) is 0 Å². The molecule has 19 heavy (non-hydrogen) atoms. The number of rotatable bonds is 2. The Morgan fingerprint density at radius 2 is 2.11 bits per heavy atom. The lowest BCUT2D eigenvalue weighted by Gasteiger charge is -2.22. The first-order valence-corrected chi connectivity index (χ1v) is 6.08. The lowest BCUT2D eigenvalue weighted by Crippen LogP contribution is -2.40. The number of carbonyl (C=O) groups is 1. The van der Waals surface area contributed by atoms with Crippen molar-refractivity contribution >= 4 is 11.6 Å². The number of nitrogens with zero attached hydrogens (tertiary/aromatic N) is 2. The maximum Gasteiger partial charge on any atom is 0.242 e. The normalized spacial score (nSPS) is 15.1. The number of nitrogens with one attached hydrogen (secondary N) is 2. The molecule has 1 amide bonds. The van der Waals surface area contributed by atoms with E-state index in [1.807, 2.05) is 42.0 Å². The highest BCUT2D eigenvalue weighted by atomic mass is 16.2. The summed E-state index contributed by atoms with van der Waals surface area (Å²) < 4.78 is 1.95. The average Bonchev–Trinajstić information content (AvgIpc) is 2.93. The highest BCUT2D eigenvalue weighted by Crippen LogP contribution is 2.25. The van der Waals surface area contributed by atoms with Crippen molar-refractivity contribution in [2.45, 2.75) is 13.3 Å². The molecule has 1 aliphatic heterocycles. The maximum atomic E-state index is 11.3. The van der Waals surface area contributed by atoms with E-state index in [2.05, 4.69) is 15.8 Å². The quantitative estimate of drug-likeness (QED) is 0.856. The number of imidazole rings is 1. The van der Waals surface area contributed by atoms with E-state index in [4.69, 9.17) is 0 Å². The van der Waals surface area contributed by atoms with E-state index in [1.54, 1.807) is 12.5 Å². The number of carbonyl (C=O) groups excluding carboxylic acids is 1. The van der Waals surface area contributed by atoms with Crippen LogP contribution in [-0.4, -0.2) is 15.5 Å². The summed E-state index contributed by atoms with van der Waals surface area (Å²) in [6.07, 6.45) is 5.82. The zero-order valence-corrected chi connectivity index (χ0v) is 10.6. The molecule has 2 N–H and O–H groups in total. The molecule has 1 aliphatic rings. The van der Waals surface area contributed by atoms with Crippen molar-refractivity contribution in [2.75, 3.05) is 0 Å². The zero-order valence-electron chi connectivity index (χ0n) is 10.6. The fraction of sp³-hybridized carbons (Fsp3) is 0.143. The van der Waals surface area contributed by atoms with E-state index < -0.39 is 0 Å². The van der Waals surface area contributed by atoms with Crippen LogP contribution in [0.3, 0.4) is 0 Å². The molecular weight excluding hydrogens is 240 g/mol. The second-order valence-electron chi connectivity index (χ2n) is 4.49. The van der Waals surface area contributed by atoms with Gasteiger partial charge in [0.2, 0.25) is 5.91 Å². The van der Waals surface area contributed by atoms with Gasteiger partial charge in [0, 0.05) is 18.0 Å². The Balaban J connectivity index is 2.11. The summed E-state index contributed by atoms with van der Waals surface area (Å²) in [4.78, 5) is 15.4. The van der Waals surface area contributed by atoms with Crippen LogP contribution in [0.4, 0.5) is 0 Å². The summed E-state index contributed by atoms with van der Waals surface area (Å²) in [6, 6.07) is 8.01. The van der Waals surface area contributed by atoms with Crippen LogP contribution in [0.15, 0.2) is 48.6 Å². The molecule has 0 fully saturated rings. The minimum atomic E-state index is -0.0126. The number of aromatic nitrogens is 2. The highest BCUT2D eigenvalue weighted by molar-refractivity contribution is 5.87. The van der Waals surface area contributed by atoms with Gasteiger partial charge in [-0.1, -0.05) is 18.2 Å². The summed E-state index contributed by atoms with van der Waals surface area (Å²) in [7, 11) is 0. The van der Waals surface area contributed by atoms with Crippen LogP contribution in [-0.2, 0) is 4.79 Å². The van der Waals surface area contributed by atoms with E-state index in [0.29, 0.717) is 6.42 Å². The fourth-order valence-electron chi connectivity index (χ4n) is 2.22. The molecule has 0 unspecified atom stereocenters. The third-order valence-electron chi connectivity index (χ3n) is 3.14. The largest absolute Gasteiger partial charge is 0.306 e. The van der Waals surface area contributed by atoms with Gasteiger partial charge in [-0.3, -0.25) is 15.6 Å². The summed E-state index contributed by atoms with van der Waals surface area (Å²) in [6.45, 7) is 1.96. The maximum absolute atomic E-state index is 11.3. The van der Waals surface area contributed by atoms with Gasteiger partial charge in [-0.05, 0) is 18.6 Å². The summed E-state index contributed by atoms with van der Waals surface area (Å²) >= 11 is 0. The Morgan fingerprint density at radius 3 is 2.84 bits per heavy atom. The Bertz CT molecular complexity index is 643. The predicted molar refractivity (Wildman–Crippen MR) is 72.1 cm³/mol. The smallest absolute Gasteiger partial charge is 0.242 e. The second-order valence-corrected chi connectivity index (χ2v) is 4.49. The van der Waals surface area contributed by atoms with Crippen LogP contribution in [0.1, 0.15) is 18.9 Å². The lowest BCUT2D eigenvalue weighted by molar-refractivity contribution is -0.121. The molecule has 5 heteroatoms.